The number of halogens is 1. The monoisotopic (exact) mass is 520 g/mol. The SMILES string of the molecule is CC1(C)Oc2ccc(Nc3nc(Nc4ccc(N5CCC6(CCOC6)CC5)nc4)ncc3F)nc2NC1=O. The van der Waals surface area contributed by atoms with Gasteiger partial charge in [0.2, 0.25) is 5.95 Å². The molecule has 11 nitrogen and oxygen atoms in total. The van der Waals surface area contributed by atoms with E-state index in [4.69, 9.17) is 9.47 Å². The number of pyridine rings is 2. The van der Waals surface area contributed by atoms with Gasteiger partial charge in [0.15, 0.2) is 28.8 Å². The summed E-state index contributed by atoms with van der Waals surface area (Å²) in [6, 6.07) is 7.14. The van der Waals surface area contributed by atoms with Gasteiger partial charge in [-0.05, 0) is 62.8 Å². The molecule has 0 aliphatic carbocycles. The van der Waals surface area contributed by atoms with E-state index in [2.05, 4.69) is 40.8 Å². The lowest BCUT2D eigenvalue weighted by Gasteiger charge is -2.38. The van der Waals surface area contributed by atoms with Crippen molar-refractivity contribution in [3.63, 3.8) is 0 Å². The zero-order valence-corrected chi connectivity index (χ0v) is 21.3. The van der Waals surface area contributed by atoms with Gasteiger partial charge in [-0.3, -0.25) is 4.79 Å². The molecule has 1 amide bonds. The zero-order chi connectivity index (χ0) is 26.3. The number of ether oxygens (including phenoxy) is 2. The van der Waals surface area contributed by atoms with E-state index in [0.29, 0.717) is 16.9 Å². The van der Waals surface area contributed by atoms with E-state index in [-0.39, 0.29) is 29.3 Å². The number of carbonyl (C=O) groups excluding carboxylic acids is 1. The highest BCUT2D eigenvalue weighted by atomic mass is 19.1. The Balaban J connectivity index is 1.11. The molecule has 0 saturated carbocycles. The van der Waals surface area contributed by atoms with Gasteiger partial charge >= 0.3 is 0 Å². The Morgan fingerprint density at radius 3 is 2.61 bits per heavy atom. The number of nitrogens with one attached hydrogen (secondary N) is 3. The minimum atomic E-state index is -1.00. The molecule has 2 fully saturated rings. The lowest BCUT2D eigenvalue weighted by Crippen LogP contribution is -2.46. The number of nitrogens with zero attached hydrogens (tertiary/aromatic N) is 5. The standard InChI is InChI=1S/C26H29FN8O3/c1-25(2)23(36)33-22-18(38-25)4-5-19(32-22)31-21-17(27)14-29-24(34-21)30-16-3-6-20(28-13-16)35-10-7-26(8-11-35)9-12-37-15-26/h3-6,13-14H,7-12,15H2,1-2H3,(H3,29,30,31,32,33,34,36). The van der Waals surface area contributed by atoms with Crippen molar-refractivity contribution < 1.29 is 18.7 Å². The van der Waals surface area contributed by atoms with Crippen LogP contribution in [0.4, 0.5) is 39.3 Å². The molecule has 198 valence electrons. The molecule has 0 bridgehead atoms. The second-order valence-electron chi connectivity index (χ2n) is 10.4. The lowest BCUT2D eigenvalue weighted by atomic mass is 9.78. The Hall–Kier alpha value is -4.06. The van der Waals surface area contributed by atoms with Gasteiger partial charge in [0.1, 0.15) is 11.6 Å². The highest BCUT2D eigenvalue weighted by molar-refractivity contribution is 5.99. The topological polar surface area (TPSA) is 126 Å². The molecular weight excluding hydrogens is 491 g/mol. The van der Waals surface area contributed by atoms with E-state index in [9.17, 15) is 9.18 Å². The third-order valence-corrected chi connectivity index (χ3v) is 7.33. The molecule has 3 N–H and O–H groups in total. The van der Waals surface area contributed by atoms with Gasteiger partial charge in [-0.1, -0.05) is 0 Å². The fraction of sp³-hybridized carbons (Fsp3) is 0.423. The molecule has 0 atom stereocenters. The molecule has 38 heavy (non-hydrogen) atoms. The number of anilines is 6. The van der Waals surface area contributed by atoms with Gasteiger partial charge in [0, 0.05) is 19.7 Å². The Labute approximate surface area is 219 Å². The molecule has 3 aromatic rings. The summed E-state index contributed by atoms with van der Waals surface area (Å²) in [5.41, 5.74) is 0.0207. The maximum absolute atomic E-state index is 14.5. The second-order valence-corrected chi connectivity index (χ2v) is 10.4. The van der Waals surface area contributed by atoms with Crippen LogP contribution in [-0.2, 0) is 9.53 Å². The number of piperidine rings is 1. The molecule has 2 saturated heterocycles. The quantitative estimate of drug-likeness (QED) is 0.454. The average molecular weight is 521 g/mol. The number of hydrogen-bond acceptors (Lipinski definition) is 10. The molecule has 6 heterocycles. The van der Waals surface area contributed by atoms with E-state index in [1.54, 1.807) is 32.2 Å². The van der Waals surface area contributed by atoms with Crippen molar-refractivity contribution in [1.82, 2.24) is 19.9 Å². The number of hydrogen-bond donors (Lipinski definition) is 3. The number of aromatic nitrogens is 4. The predicted molar refractivity (Wildman–Crippen MR) is 140 cm³/mol. The van der Waals surface area contributed by atoms with E-state index in [1.807, 2.05) is 12.1 Å². The van der Waals surface area contributed by atoms with E-state index in [0.717, 1.165) is 57.6 Å². The summed E-state index contributed by atoms with van der Waals surface area (Å²) in [5.74, 6) is 1.04. The van der Waals surface area contributed by atoms with Crippen LogP contribution in [-0.4, -0.2) is 57.7 Å². The summed E-state index contributed by atoms with van der Waals surface area (Å²) in [4.78, 5) is 31.7. The summed E-state index contributed by atoms with van der Waals surface area (Å²) in [6.45, 7) is 7.00. The predicted octanol–water partition coefficient (Wildman–Crippen LogP) is 4.01. The summed E-state index contributed by atoms with van der Waals surface area (Å²) >= 11 is 0. The lowest BCUT2D eigenvalue weighted by molar-refractivity contribution is -0.129. The smallest absolute Gasteiger partial charge is 0.269 e. The second kappa shape index (κ2) is 9.35. The Kier molecular flexibility index (Phi) is 5.98. The third kappa shape index (κ3) is 4.78. The van der Waals surface area contributed by atoms with Crippen LogP contribution in [0.25, 0.3) is 0 Å². The first-order valence-electron chi connectivity index (χ1n) is 12.7. The first-order valence-corrected chi connectivity index (χ1v) is 12.7. The van der Waals surface area contributed by atoms with Crippen molar-refractivity contribution in [3.05, 3.63) is 42.5 Å². The van der Waals surface area contributed by atoms with Crippen LogP contribution in [0.1, 0.15) is 33.1 Å². The summed E-state index contributed by atoms with van der Waals surface area (Å²) < 4.78 is 25.8. The molecule has 0 unspecified atom stereocenters. The number of fused-ring (bicyclic) bond motifs is 1. The number of amides is 1. The normalized spacial score (nSPS) is 19.4. The highest BCUT2D eigenvalue weighted by Crippen LogP contribution is 2.40. The molecule has 1 spiro atoms. The molecule has 0 radical (unpaired) electrons. The van der Waals surface area contributed by atoms with Crippen molar-refractivity contribution in [1.29, 1.82) is 0 Å². The average Bonchev–Trinajstić information content (AvgIpc) is 3.35. The van der Waals surface area contributed by atoms with Crippen molar-refractivity contribution in [2.45, 2.75) is 38.7 Å². The van der Waals surface area contributed by atoms with Crippen molar-refractivity contribution in [2.24, 2.45) is 5.41 Å². The Morgan fingerprint density at radius 1 is 1.03 bits per heavy atom. The highest BCUT2D eigenvalue weighted by Gasteiger charge is 2.38. The molecule has 0 aromatic carbocycles. The Morgan fingerprint density at radius 2 is 1.87 bits per heavy atom. The van der Waals surface area contributed by atoms with Gasteiger partial charge in [-0.15, -0.1) is 0 Å². The maximum atomic E-state index is 14.5. The summed E-state index contributed by atoms with van der Waals surface area (Å²) in [6.07, 6.45) is 6.17. The molecule has 3 aliphatic heterocycles. The molecule has 3 aliphatic rings. The zero-order valence-electron chi connectivity index (χ0n) is 21.3. The minimum Gasteiger partial charge on any atom is -0.474 e. The van der Waals surface area contributed by atoms with Crippen LogP contribution in [0, 0.1) is 11.2 Å². The van der Waals surface area contributed by atoms with Crippen LogP contribution < -0.4 is 25.6 Å². The van der Waals surface area contributed by atoms with E-state index < -0.39 is 11.4 Å². The molecular formula is C26H29FN8O3. The largest absolute Gasteiger partial charge is 0.474 e. The molecule has 6 rings (SSSR count). The van der Waals surface area contributed by atoms with Gasteiger partial charge in [0.25, 0.3) is 5.91 Å². The Bertz CT molecular complexity index is 1350. The summed E-state index contributed by atoms with van der Waals surface area (Å²) in [7, 11) is 0. The van der Waals surface area contributed by atoms with Crippen molar-refractivity contribution in [2.75, 3.05) is 47.2 Å². The fourth-order valence-corrected chi connectivity index (χ4v) is 4.93. The molecule has 12 heteroatoms. The van der Waals surface area contributed by atoms with Crippen LogP contribution in [0.5, 0.6) is 5.75 Å². The first kappa shape index (κ1) is 24.3. The van der Waals surface area contributed by atoms with Crippen LogP contribution in [0.15, 0.2) is 36.7 Å². The number of rotatable bonds is 5. The van der Waals surface area contributed by atoms with Crippen molar-refractivity contribution in [3.8, 4) is 5.75 Å². The van der Waals surface area contributed by atoms with Crippen LogP contribution in [0.3, 0.4) is 0 Å². The van der Waals surface area contributed by atoms with E-state index >= 15 is 0 Å². The van der Waals surface area contributed by atoms with Gasteiger partial charge in [0.05, 0.1) is 24.7 Å². The van der Waals surface area contributed by atoms with Crippen molar-refractivity contribution >= 4 is 40.8 Å². The van der Waals surface area contributed by atoms with E-state index in [1.165, 1.54) is 0 Å². The fourth-order valence-electron chi connectivity index (χ4n) is 4.93. The molecule has 3 aromatic heterocycles. The van der Waals surface area contributed by atoms with Gasteiger partial charge in [-0.2, -0.15) is 4.98 Å². The van der Waals surface area contributed by atoms with Gasteiger partial charge in [-0.25, -0.2) is 19.3 Å². The first-order chi connectivity index (χ1) is 18.3. The minimum absolute atomic E-state index is 0.0685. The van der Waals surface area contributed by atoms with Crippen LogP contribution >= 0.6 is 0 Å². The summed E-state index contributed by atoms with van der Waals surface area (Å²) in [5, 5.41) is 8.62. The number of carbonyl (C=O) groups is 1. The maximum Gasteiger partial charge on any atom is 0.269 e. The van der Waals surface area contributed by atoms with Gasteiger partial charge < -0.3 is 30.3 Å². The van der Waals surface area contributed by atoms with Crippen LogP contribution in [0.2, 0.25) is 0 Å². The third-order valence-electron chi connectivity index (χ3n) is 7.33.